The molecule has 3 aliphatic rings. The van der Waals surface area contributed by atoms with Gasteiger partial charge in [-0.2, -0.15) is 0 Å². The lowest BCUT2D eigenvalue weighted by atomic mass is 9.67. The Hall–Kier alpha value is -2.90. The lowest BCUT2D eigenvalue weighted by molar-refractivity contribution is -0.0725. The molecule has 35 heavy (non-hydrogen) atoms. The molecule has 0 unspecified atom stereocenters. The number of nitrogens with zero attached hydrogens (tertiary/aromatic N) is 3. The van der Waals surface area contributed by atoms with Gasteiger partial charge in [0.25, 0.3) is 0 Å². The van der Waals surface area contributed by atoms with E-state index in [9.17, 15) is 14.7 Å². The van der Waals surface area contributed by atoms with Gasteiger partial charge in [0.05, 0.1) is 24.2 Å². The molecule has 5 rings (SSSR count). The molecular formula is C28H36N4O3. The number of rotatable bonds is 6. The fraction of sp³-hybridized carbons (Fsp3) is 0.500. The summed E-state index contributed by atoms with van der Waals surface area (Å²) in [6, 6.07) is 17.5. The Kier molecular flexibility index (Phi) is 5.88. The fourth-order valence-electron chi connectivity index (χ4n) is 6.38. The van der Waals surface area contributed by atoms with Gasteiger partial charge in [-0.25, -0.2) is 4.79 Å². The van der Waals surface area contributed by atoms with Crippen molar-refractivity contribution in [3.63, 3.8) is 0 Å². The van der Waals surface area contributed by atoms with E-state index < -0.39 is 11.5 Å². The van der Waals surface area contributed by atoms with E-state index in [-0.39, 0.29) is 17.1 Å². The molecule has 186 valence electrons. The van der Waals surface area contributed by atoms with E-state index >= 15 is 0 Å². The third kappa shape index (κ3) is 4.00. The minimum Gasteiger partial charge on any atom is -0.388 e. The zero-order chi connectivity index (χ0) is 24.8. The molecule has 3 N–H and O–H groups in total. The number of hydrogen-bond acceptors (Lipinski definition) is 4. The molecule has 0 aromatic heterocycles. The number of primary amides is 1. The van der Waals surface area contributed by atoms with E-state index in [1.165, 1.54) is 5.56 Å². The highest BCUT2D eigenvalue weighted by molar-refractivity contribution is 5.97. The van der Waals surface area contributed by atoms with E-state index in [1.54, 1.807) is 24.3 Å². The monoisotopic (exact) mass is 476 g/mol. The summed E-state index contributed by atoms with van der Waals surface area (Å²) in [5.74, 6) is -0.484. The molecule has 7 heteroatoms. The van der Waals surface area contributed by atoms with E-state index in [0.29, 0.717) is 18.7 Å². The molecule has 2 aromatic rings. The predicted octanol–water partition coefficient (Wildman–Crippen LogP) is 3.71. The topological polar surface area (TPSA) is 90.1 Å². The first-order valence-corrected chi connectivity index (χ1v) is 12.6. The van der Waals surface area contributed by atoms with Crippen LogP contribution < -0.4 is 10.6 Å². The molecule has 0 atom stereocenters. The van der Waals surface area contributed by atoms with Crippen molar-refractivity contribution in [1.29, 1.82) is 0 Å². The number of aliphatic hydroxyl groups is 1. The predicted molar refractivity (Wildman–Crippen MR) is 136 cm³/mol. The number of carbonyl (C=O) groups is 2. The van der Waals surface area contributed by atoms with Gasteiger partial charge < -0.3 is 15.7 Å². The molecular weight excluding hydrogens is 440 g/mol. The van der Waals surface area contributed by atoms with Crippen molar-refractivity contribution in [2.45, 2.75) is 61.6 Å². The van der Waals surface area contributed by atoms with E-state index in [2.05, 4.69) is 49.3 Å². The van der Waals surface area contributed by atoms with Crippen LogP contribution in [-0.4, -0.2) is 65.2 Å². The Labute approximate surface area is 207 Å². The summed E-state index contributed by atoms with van der Waals surface area (Å²) in [7, 11) is 4.29. The largest absolute Gasteiger partial charge is 0.388 e. The molecule has 0 bridgehead atoms. The van der Waals surface area contributed by atoms with Gasteiger partial charge in [0.15, 0.2) is 0 Å². The number of hydrogen-bond donors (Lipinski definition) is 2. The van der Waals surface area contributed by atoms with Crippen LogP contribution in [0.4, 0.5) is 10.5 Å². The number of anilines is 1. The van der Waals surface area contributed by atoms with Crippen molar-refractivity contribution < 1.29 is 14.7 Å². The Bertz CT molecular complexity index is 1090. The van der Waals surface area contributed by atoms with Crippen molar-refractivity contribution >= 4 is 17.6 Å². The first kappa shape index (κ1) is 23.8. The molecule has 1 saturated heterocycles. The summed E-state index contributed by atoms with van der Waals surface area (Å²) in [5, 5.41) is 11.1. The maximum atomic E-state index is 13.8. The highest BCUT2D eigenvalue weighted by atomic mass is 16.3. The van der Waals surface area contributed by atoms with E-state index in [4.69, 9.17) is 5.73 Å². The van der Waals surface area contributed by atoms with Gasteiger partial charge in [0.1, 0.15) is 0 Å². The van der Waals surface area contributed by atoms with Gasteiger partial charge in [-0.1, -0.05) is 30.3 Å². The smallest absolute Gasteiger partial charge is 0.325 e. The molecule has 0 radical (unpaired) electrons. The first-order chi connectivity index (χ1) is 16.7. The average Bonchev–Trinajstić information content (AvgIpc) is 3.10. The van der Waals surface area contributed by atoms with E-state index in [1.807, 2.05) is 9.80 Å². The highest BCUT2D eigenvalue weighted by Crippen LogP contribution is 2.50. The third-order valence-electron chi connectivity index (χ3n) is 8.86. The second kappa shape index (κ2) is 8.64. The van der Waals surface area contributed by atoms with Crippen molar-refractivity contribution in [2.75, 3.05) is 32.1 Å². The summed E-state index contributed by atoms with van der Waals surface area (Å²) in [5.41, 5.74) is 6.70. The lowest BCUT2D eigenvalue weighted by Gasteiger charge is -2.52. The SMILES string of the molecule is CN(C)C1(c2ccccc2)CCC2(CC1)CN(c1ccc(C(N)=O)cc1)C(=O)N2CC1(O)CCC1. The van der Waals surface area contributed by atoms with Crippen LogP contribution in [0.1, 0.15) is 60.9 Å². The second-order valence-electron chi connectivity index (χ2n) is 11.0. The zero-order valence-electron chi connectivity index (χ0n) is 20.7. The van der Waals surface area contributed by atoms with Crippen molar-refractivity contribution in [3.8, 4) is 0 Å². The van der Waals surface area contributed by atoms with Gasteiger partial charge in [-0.3, -0.25) is 14.6 Å². The third-order valence-corrected chi connectivity index (χ3v) is 8.86. The Morgan fingerprint density at radius 3 is 2.11 bits per heavy atom. The normalized spacial score (nSPS) is 27.9. The van der Waals surface area contributed by atoms with Gasteiger partial charge >= 0.3 is 6.03 Å². The maximum absolute atomic E-state index is 13.8. The van der Waals surface area contributed by atoms with Crippen LogP contribution in [0.2, 0.25) is 0 Å². The zero-order valence-corrected chi connectivity index (χ0v) is 20.7. The molecule has 7 nitrogen and oxygen atoms in total. The average molecular weight is 477 g/mol. The second-order valence-corrected chi connectivity index (χ2v) is 11.0. The van der Waals surface area contributed by atoms with Crippen LogP contribution in [0.3, 0.4) is 0 Å². The minimum absolute atomic E-state index is 0.0609. The number of amides is 3. The summed E-state index contributed by atoms with van der Waals surface area (Å²) in [4.78, 5) is 31.5. The Morgan fingerprint density at radius 2 is 1.60 bits per heavy atom. The number of β-amino-alcohol motifs (C(OH)–C–C–N with tert-alkyl or cyclic N) is 1. The van der Waals surface area contributed by atoms with Crippen LogP contribution in [0.15, 0.2) is 54.6 Å². The minimum atomic E-state index is -0.788. The Morgan fingerprint density at radius 1 is 0.971 bits per heavy atom. The summed E-state index contributed by atoms with van der Waals surface area (Å²) in [6.45, 7) is 0.956. The summed E-state index contributed by atoms with van der Waals surface area (Å²) < 4.78 is 0. The van der Waals surface area contributed by atoms with Gasteiger partial charge in [-0.05, 0) is 88.9 Å². The van der Waals surface area contributed by atoms with Gasteiger partial charge in [0.2, 0.25) is 5.91 Å². The van der Waals surface area contributed by atoms with Crippen LogP contribution in [-0.2, 0) is 5.54 Å². The van der Waals surface area contributed by atoms with Crippen LogP contribution in [0.5, 0.6) is 0 Å². The number of benzene rings is 2. The molecule has 1 aliphatic heterocycles. The first-order valence-electron chi connectivity index (χ1n) is 12.6. The van der Waals surface area contributed by atoms with E-state index in [0.717, 1.165) is 50.6 Å². The summed E-state index contributed by atoms with van der Waals surface area (Å²) >= 11 is 0. The molecule has 3 amide bonds. The number of urea groups is 1. The molecule has 3 fully saturated rings. The van der Waals surface area contributed by atoms with Crippen molar-refractivity contribution in [2.24, 2.45) is 5.73 Å². The van der Waals surface area contributed by atoms with Crippen LogP contribution >= 0.6 is 0 Å². The van der Waals surface area contributed by atoms with Gasteiger partial charge in [-0.15, -0.1) is 0 Å². The molecule has 2 aromatic carbocycles. The van der Waals surface area contributed by atoms with Crippen molar-refractivity contribution in [3.05, 3.63) is 65.7 Å². The van der Waals surface area contributed by atoms with Crippen LogP contribution in [0.25, 0.3) is 0 Å². The van der Waals surface area contributed by atoms with Crippen molar-refractivity contribution in [1.82, 2.24) is 9.80 Å². The lowest BCUT2D eigenvalue weighted by Crippen LogP contribution is -2.59. The quantitative estimate of drug-likeness (QED) is 0.665. The summed E-state index contributed by atoms with van der Waals surface area (Å²) in [6.07, 6.45) is 6.07. The molecule has 1 spiro atoms. The molecule has 2 saturated carbocycles. The number of nitrogens with two attached hydrogens (primary N) is 1. The molecule has 1 heterocycles. The highest BCUT2D eigenvalue weighted by Gasteiger charge is 2.56. The van der Waals surface area contributed by atoms with Crippen LogP contribution in [0, 0.1) is 0 Å². The number of carbonyl (C=O) groups excluding carboxylic acids is 2. The standard InChI is InChI=1S/C28H36N4O3/c1-30(2)28(22-7-4-3-5-8-22)17-15-26(16-18-28)19-31(23-11-9-21(10-12-23)24(29)33)25(34)32(26)20-27(35)13-6-14-27/h3-5,7-12,35H,6,13-20H2,1-2H3,(H2,29,33). The Balaban J connectivity index is 1.46. The fourth-order valence-corrected chi connectivity index (χ4v) is 6.38. The van der Waals surface area contributed by atoms with Gasteiger partial charge in [0, 0.05) is 16.8 Å². The molecule has 2 aliphatic carbocycles. The maximum Gasteiger partial charge on any atom is 0.325 e.